The Kier molecular flexibility index (Phi) is 6.58. The van der Waals surface area contributed by atoms with Crippen molar-refractivity contribution >= 4 is 34.3 Å². The zero-order valence-electron chi connectivity index (χ0n) is 19.1. The lowest BCUT2D eigenvalue weighted by Gasteiger charge is -2.27. The van der Waals surface area contributed by atoms with Gasteiger partial charge in [-0.05, 0) is 35.9 Å². The Morgan fingerprint density at radius 1 is 1.09 bits per heavy atom. The minimum Gasteiger partial charge on any atom is -0.378 e. The minimum atomic E-state index is -0.218. The number of carbonyl (C=O) groups is 1. The van der Waals surface area contributed by atoms with Gasteiger partial charge in [0.2, 0.25) is 11.9 Å². The minimum absolute atomic E-state index is 0.218. The van der Waals surface area contributed by atoms with E-state index < -0.39 is 0 Å². The number of amides is 1. The molecule has 0 unspecified atom stereocenters. The molecule has 1 aromatic carbocycles. The number of fused-ring (bicyclic) bond motifs is 1. The van der Waals surface area contributed by atoms with Crippen LogP contribution in [0.1, 0.15) is 5.56 Å². The second-order valence-electron chi connectivity index (χ2n) is 8.04. The van der Waals surface area contributed by atoms with Crippen molar-refractivity contribution in [2.75, 3.05) is 36.5 Å². The largest absolute Gasteiger partial charge is 0.378 e. The summed E-state index contributed by atoms with van der Waals surface area (Å²) in [5, 5.41) is 6.94. The first-order chi connectivity index (χ1) is 17.2. The molecule has 2 N–H and O–H groups in total. The van der Waals surface area contributed by atoms with Gasteiger partial charge in [0, 0.05) is 43.0 Å². The third kappa shape index (κ3) is 5.25. The lowest BCUT2D eigenvalue weighted by Crippen LogP contribution is -2.36. The van der Waals surface area contributed by atoms with Gasteiger partial charge in [-0.3, -0.25) is 9.78 Å². The van der Waals surface area contributed by atoms with Crippen molar-refractivity contribution in [3.05, 3.63) is 79.3 Å². The smallest absolute Gasteiger partial charge is 0.243 e. The number of hydrogen-bond acceptors (Lipinski definition) is 8. The van der Waals surface area contributed by atoms with Crippen LogP contribution in [0.25, 0.3) is 22.2 Å². The van der Waals surface area contributed by atoms with Crippen LogP contribution in [0.4, 0.5) is 17.5 Å². The van der Waals surface area contributed by atoms with Gasteiger partial charge in [-0.2, -0.15) is 0 Å². The third-order valence-corrected chi connectivity index (χ3v) is 5.70. The SMILES string of the molecule is C=CC(=O)NCc1ccnc(-c2cccc3cnc(Nc4ccc(N5CCOCC5)nc4)nc23)c1. The highest BCUT2D eigenvalue weighted by molar-refractivity contribution is 5.93. The molecule has 0 bridgehead atoms. The fraction of sp³-hybridized carbons (Fsp3) is 0.192. The Balaban J connectivity index is 1.39. The van der Waals surface area contributed by atoms with E-state index in [0.29, 0.717) is 12.5 Å². The molecule has 0 spiro atoms. The first-order valence-electron chi connectivity index (χ1n) is 11.4. The van der Waals surface area contributed by atoms with Crippen LogP contribution in [0.5, 0.6) is 0 Å². The van der Waals surface area contributed by atoms with Crippen molar-refractivity contribution in [1.82, 2.24) is 25.3 Å². The molecule has 0 saturated carbocycles. The Morgan fingerprint density at radius 3 is 2.77 bits per heavy atom. The number of hydrogen-bond donors (Lipinski definition) is 2. The monoisotopic (exact) mass is 467 g/mol. The second kappa shape index (κ2) is 10.3. The predicted molar refractivity (Wildman–Crippen MR) is 135 cm³/mol. The van der Waals surface area contributed by atoms with Gasteiger partial charge < -0.3 is 20.3 Å². The fourth-order valence-corrected chi connectivity index (χ4v) is 3.88. The molecule has 1 saturated heterocycles. The molecule has 9 heteroatoms. The molecule has 5 rings (SSSR count). The number of pyridine rings is 2. The predicted octanol–water partition coefficient (Wildman–Crippen LogP) is 3.47. The molecule has 4 aromatic rings. The van der Waals surface area contributed by atoms with Crippen LogP contribution in [0.15, 0.2) is 73.7 Å². The molecule has 9 nitrogen and oxygen atoms in total. The molecular weight excluding hydrogens is 442 g/mol. The molecule has 0 radical (unpaired) electrons. The van der Waals surface area contributed by atoms with Crippen LogP contribution in [0.2, 0.25) is 0 Å². The molecule has 4 heterocycles. The first kappa shape index (κ1) is 22.4. The Hall–Kier alpha value is -4.37. The number of para-hydroxylation sites is 1. The van der Waals surface area contributed by atoms with Crippen molar-refractivity contribution in [1.29, 1.82) is 0 Å². The maximum atomic E-state index is 11.5. The van der Waals surface area contributed by atoms with E-state index in [1.807, 2.05) is 42.5 Å². The average Bonchev–Trinajstić information content (AvgIpc) is 2.92. The topological polar surface area (TPSA) is 105 Å². The number of ether oxygens (including phenoxy) is 1. The lowest BCUT2D eigenvalue weighted by molar-refractivity contribution is -0.116. The number of rotatable bonds is 7. The Bertz CT molecular complexity index is 1350. The van der Waals surface area contributed by atoms with E-state index >= 15 is 0 Å². The maximum Gasteiger partial charge on any atom is 0.243 e. The van der Waals surface area contributed by atoms with Gasteiger partial charge in [-0.15, -0.1) is 0 Å². The van der Waals surface area contributed by atoms with Gasteiger partial charge in [0.1, 0.15) is 5.82 Å². The number of carbonyl (C=O) groups excluding carboxylic acids is 1. The molecule has 35 heavy (non-hydrogen) atoms. The van der Waals surface area contributed by atoms with Crippen molar-refractivity contribution in [3.8, 4) is 11.3 Å². The van der Waals surface area contributed by atoms with E-state index in [9.17, 15) is 4.79 Å². The van der Waals surface area contributed by atoms with E-state index in [1.54, 1.807) is 18.6 Å². The molecule has 176 valence electrons. The standard InChI is InChI=1S/C26H25N7O2/c1-2-24(34)29-15-18-8-9-27-22(14-18)21-5-3-4-19-16-30-26(32-25(19)21)31-20-6-7-23(28-17-20)33-10-12-35-13-11-33/h2-9,14,16-17H,1,10-13,15H2,(H,29,34)(H,30,31,32). The summed E-state index contributed by atoms with van der Waals surface area (Å²) in [6.07, 6.45) is 6.56. The summed E-state index contributed by atoms with van der Waals surface area (Å²) in [4.78, 5) is 32.1. The van der Waals surface area contributed by atoms with Gasteiger partial charge in [0.25, 0.3) is 0 Å². The van der Waals surface area contributed by atoms with Crippen LogP contribution in [-0.4, -0.2) is 52.1 Å². The molecule has 1 aliphatic heterocycles. The van der Waals surface area contributed by atoms with Gasteiger partial charge in [-0.25, -0.2) is 15.0 Å². The van der Waals surface area contributed by atoms with E-state index in [4.69, 9.17) is 9.72 Å². The summed E-state index contributed by atoms with van der Waals surface area (Å²) >= 11 is 0. The van der Waals surface area contributed by atoms with Crippen LogP contribution < -0.4 is 15.5 Å². The van der Waals surface area contributed by atoms with Crippen LogP contribution >= 0.6 is 0 Å². The quantitative estimate of drug-likeness (QED) is 0.398. The second-order valence-corrected chi connectivity index (χ2v) is 8.04. The van der Waals surface area contributed by atoms with Crippen molar-refractivity contribution in [3.63, 3.8) is 0 Å². The van der Waals surface area contributed by atoms with Crippen LogP contribution in [0.3, 0.4) is 0 Å². The van der Waals surface area contributed by atoms with Crippen molar-refractivity contribution in [2.45, 2.75) is 6.54 Å². The molecule has 1 amide bonds. The number of aromatic nitrogens is 4. The highest BCUT2D eigenvalue weighted by Gasteiger charge is 2.13. The Labute approximate surface area is 202 Å². The molecule has 0 aliphatic carbocycles. The fourth-order valence-electron chi connectivity index (χ4n) is 3.88. The normalized spacial score (nSPS) is 13.4. The summed E-state index contributed by atoms with van der Waals surface area (Å²) in [5.41, 5.74) is 4.16. The summed E-state index contributed by atoms with van der Waals surface area (Å²) < 4.78 is 5.41. The van der Waals surface area contributed by atoms with E-state index in [2.05, 4.69) is 37.1 Å². The van der Waals surface area contributed by atoms with Gasteiger partial charge >= 0.3 is 0 Å². The van der Waals surface area contributed by atoms with Gasteiger partial charge in [0.05, 0.1) is 36.3 Å². The molecule has 3 aromatic heterocycles. The summed E-state index contributed by atoms with van der Waals surface area (Å²) in [6, 6.07) is 13.7. The zero-order valence-corrected chi connectivity index (χ0v) is 19.1. The summed E-state index contributed by atoms with van der Waals surface area (Å²) in [6.45, 7) is 6.99. The van der Waals surface area contributed by atoms with Crippen molar-refractivity contribution in [2.24, 2.45) is 0 Å². The number of nitrogens with zero attached hydrogens (tertiary/aromatic N) is 5. The van der Waals surface area contributed by atoms with E-state index in [-0.39, 0.29) is 5.91 Å². The number of nitrogens with one attached hydrogen (secondary N) is 2. The first-order valence-corrected chi connectivity index (χ1v) is 11.4. The van der Waals surface area contributed by atoms with Gasteiger partial charge in [-0.1, -0.05) is 24.8 Å². The summed E-state index contributed by atoms with van der Waals surface area (Å²) in [7, 11) is 0. The number of benzene rings is 1. The zero-order chi connectivity index (χ0) is 24.0. The molecule has 1 fully saturated rings. The average molecular weight is 468 g/mol. The molecular formula is C26H25N7O2. The Morgan fingerprint density at radius 2 is 1.97 bits per heavy atom. The summed E-state index contributed by atoms with van der Waals surface area (Å²) in [5.74, 6) is 1.18. The molecule has 1 aliphatic rings. The lowest BCUT2D eigenvalue weighted by atomic mass is 10.1. The van der Waals surface area contributed by atoms with Crippen LogP contribution in [-0.2, 0) is 16.1 Å². The molecule has 0 atom stereocenters. The highest BCUT2D eigenvalue weighted by atomic mass is 16.5. The maximum absolute atomic E-state index is 11.5. The third-order valence-electron chi connectivity index (χ3n) is 5.70. The number of morpholine rings is 1. The van der Waals surface area contributed by atoms with Crippen LogP contribution in [0, 0.1) is 0 Å². The van der Waals surface area contributed by atoms with Gasteiger partial charge in [0.15, 0.2) is 0 Å². The van der Waals surface area contributed by atoms with E-state index in [0.717, 1.165) is 65.5 Å². The van der Waals surface area contributed by atoms with Crippen molar-refractivity contribution < 1.29 is 9.53 Å². The van der Waals surface area contributed by atoms with E-state index in [1.165, 1.54) is 6.08 Å². The number of anilines is 3. The highest BCUT2D eigenvalue weighted by Crippen LogP contribution is 2.27.